The van der Waals surface area contributed by atoms with Gasteiger partial charge >= 0.3 is 0 Å². The highest BCUT2D eigenvalue weighted by molar-refractivity contribution is 5.92. The van der Waals surface area contributed by atoms with Gasteiger partial charge in [-0.25, -0.2) is 4.68 Å². The molecule has 2 heterocycles. The number of ether oxygens (including phenoxy) is 1. The first kappa shape index (κ1) is 17.4. The number of carbonyl (C=O) groups excluding carboxylic acids is 1. The zero-order valence-electron chi connectivity index (χ0n) is 15.0. The molecule has 1 aliphatic heterocycles. The fourth-order valence-electron chi connectivity index (χ4n) is 3.17. The minimum absolute atomic E-state index is 0.189. The van der Waals surface area contributed by atoms with Gasteiger partial charge in [-0.15, -0.1) is 5.10 Å². The van der Waals surface area contributed by atoms with Gasteiger partial charge in [0.15, 0.2) is 5.69 Å². The monoisotopic (exact) mass is 343 g/mol. The minimum Gasteiger partial charge on any atom is -0.496 e. The van der Waals surface area contributed by atoms with Crippen molar-refractivity contribution in [1.29, 1.82) is 0 Å². The molecule has 1 atom stereocenters. The maximum absolute atomic E-state index is 12.5. The Labute approximate surface area is 147 Å². The summed E-state index contributed by atoms with van der Waals surface area (Å²) >= 11 is 0. The number of piperidine rings is 1. The molecule has 1 fully saturated rings. The quantitative estimate of drug-likeness (QED) is 0.868. The van der Waals surface area contributed by atoms with Crippen molar-refractivity contribution in [2.45, 2.75) is 38.8 Å². The van der Waals surface area contributed by atoms with E-state index in [1.807, 2.05) is 36.7 Å². The number of aromatic nitrogens is 3. The molecular weight excluding hydrogens is 318 g/mol. The number of amides is 1. The van der Waals surface area contributed by atoms with E-state index < -0.39 is 0 Å². The van der Waals surface area contributed by atoms with E-state index in [9.17, 15) is 4.79 Å². The van der Waals surface area contributed by atoms with Crippen LogP contribution in [0.15, 0.2) is 24.4 Å². The Morgan fingerprint density at radius 2 is 2.16 bits per heavy atom. The van der Waals surface area contributed by atoms with Crippen LogP contribution in [0, 0.1) is 6.92 Å². The van der Waals surface area contributed by atoms with Gasteiger partial charge in [0.05, 0.1) is 25.4 Å². The third-order valence-electron chi connectivity index (χ3n) is 4.63. The summed E-state index contributed by atoms with van der Waals surface area (Å²) in [6.07, 6.45) is 3.74. The van der Waals surface area contributed by atoms with Gasteiger partial charge in [0.2, 0.25) is 0 Å². The lowest BCUT2D eigenvalue weighted by atomic mass is 10.0. The van der Waals surface area contributed by atoms with Gasteiger partial charge in [-0.05, 0) is 45.8 Å². The summed E-state index contributed by atoms with van der Waals surface area (Å²) in [6, 6.07) is 6.05. The van der Waals surface area contributed by atoms with Crippen LogP contribution in [-0.4, -0.2) is 41.1 Å². The minimum atomic E-state index is -0.226. The number of hydrogen-bond donors (Lipinski definition) is 2. The van der Waals surface area contributed by atoms with E-state index in [1.165, 1.54) is 0 Å². The molecular formula is C18H25N5O2. The molecule has 0 aliphatic carbocycles. The average Bonchev–Trinajstić information content (AvgIpc) is 3.12. The van der Waals surface area contributed by atoms with Crippen molar-refractivity contribution in [2.24, 2.45) is 0 Å². The van der Waals surface area contributed by atoms with Crippen molar-refractivity contribution in [3.63, 3.8) is 0 Å². The molecule has 1 saturated heterocycles. The number of nitrogens with zero attached hydrogens (tertiary/aromatic N) is 3. The van der Waals surface area contributed by atoms with Crippen LogP contribution in [0.1, 0.15) is 53.5 Å². The second-order valence-corrected chi connectivity index (χ2v) is 6.51. The number of nitrogens with one attached hydrogen (secondary N) is 2. The highest BCUT2D eigenvalue weighted by atomic mass is 16.5. The van der Waals surface area contributed by atoms with Crippen LogP contribution < -0.4 is 15.4 Å². The number of carbonyl (C=O) groups is 1. The SMILES string of the molecule is COc1ccc(C)cc1C(C)NC(=O)c1cn(C2CCNCC2)nn1. The van der Waals surface area contributed by atoms with Gasteiger partial charge in [-0.1, -0.05) is 22.9 Å². The number of methoxy groups -OCH3 is 1. The van der Waals surface area contributed by atoms with E-state index in [-0.39, 0.29) is 11.9 Å². The zero-order valence-corrected chi connectivity index (χ0v) is 15.0. The first-order chi connectivity index (χ1) is 12.1. The summed E-state index contributed by atoms with van der Waals surface area (Å²) in [7, 11) is 1.63. The van der Waals surface area contributed by atoms with Crippen LogP contribution in [0.5, 0.6) is 5.75 Å². The smallest absolute Gasteiger partial charge is 0.273 e. The van der Waals surface area contributed by atoms with Gasteiger partial charge in [-0.2, -0.15) is 0 Å². The predicted molar refractivity (Wildman–Crippen MR) is 94.8 cm³/mol. The Hall–Kier alpha value is -2.41. The first-order valence-corrected chi connectivity index (χ1v) is 8.66. The van der Waals surface area contributed by atoms with Crippen molar-refractivity contribution >= 4 is 5.91 Å². The first-order valence-electron chi connectivity index (χ1n) is 8.66. The van der Waals surface area contributed by atoms with Crippen LogP contribution in [0.4, 0.5) is 0 Å². The van der Waals surface area contributed by atoms with E-state index in [4.69, 9.17) is 4.74 Å². The normalized spacial score (nSPS) is 16.4. The Morgan fingerprint density at radius 3 is 2.88 bits per heavy atom. The van der Waals surface area contributed by atoms with E-state index in [0.29, 0.717) is 11.7 Å². The van der Waals surface area contributed by atoms with Crippen LogP contribution in [-0.2, 0) is 0 Å². The largest absolute Gasteiger partial charge is 0.496 e. The number of aryl methyl sites for hydroxylation is 1. The van der Waals surface area contributed by atoms with Crippen molar-refractivity contribution in [3.05, 3.63) is 41.2 Å². The van der Waals surface area contributed by atoms with Gasteiger partial charge in [0.1, 0.15) is 5.75 Å². The topological polar surface area (TPSA) is 81.1 Å². The standard InChI is InChI=1S/C18H25N5O2/c1-12-4-5-17(25-3)15(10-12)13(2)20-18(24)16-11-23(22-21-16)14-6-8-19-9-7-14/h4-5,10-11,13-14,19H,6-9H2,1-3H3,(H,20,24). The third-order valence-corrected chi connectivity index (χ3v) is 4.63. The highest BCUT2D eigenvalue weighted by Crippen LogP contribution is 2.26. The molecule has 0 radical (unpaired) electrons. The Balaban J connectivity index is 1.70. The lowest BCUT2D eigenvalue weighted by molar-refractivity contribution is 0.0934. The number of benzene rings is 1. The predicted octanol–water partition coefficient (Wildman–Crippen LogP) is 2.01. The second-order valence-electron chi connectivity index (χ2n) is 6.51. The highest BCUT2D eigenvalue weighted by Gasteiger charge is 2.21. The Kier molecular flexibility index (Phi) is 5.33. The fourth-order valence-corrected chi connectivity index (χ4v) is 3.17. The van der Waals surface area contributed by atoms with Crippen molar-refractivity contribution in [3.8, 4) is 5.75 Å². The molecule has 1 amide bonds. The maximum Gasteiger partial charge on any atom is 0.273 e. The number of rotatable bonds is 5. The van der Waals surface area contributed by atoms with E-state index in [0.717, 1.165) is 42.8 Å². The molecule has 3 rings (SSSR count). The molecule has 134 valence electrons. The summed E-state index contributed by atoms with van der Waals surface area (Å²) in [5, 5.41) is 14.5. The lowest BCUT2D eigenvalue weighted by Crippen LogP contribution is -2.29. The lowest BCUT2D eigenvalue weighted by Gasteiger charge is -2.22. The fraction of sp³-hybridized carbons (Fsp3) is 0.500. The molecule has 1 unspecified atom stereocenters. The molecule has 1 aromatic heterocycles. The van der Waals surface area contributed by atoms with Crippen molar-refractivity contribution in [2.75, 3.05) is 20.2 Å². The van der Waals surface area contributed by atoms with Crippen LogP contribution in [0.3, 0.4) is 0 Å². The van der Waals surface area contributed by atoms with Crippen LogP contribution in [0.2, 0.25) is 0 Å². The van der Waals surface area contributed by atoms with E-state index in [1.54, 1.807) is 13.3 Å². The van der Waals surface area contributed by atoms with Crippen LogP contribution in [0.25, 0.3) is 0 Å². The third kappa shape index (κ3) is 3.99. The molecule has 2 N–H and O–H groups in total. The van der Waals surface area contributed by atoms with Gasteiger partial charge in [0.25, 0.3) is 5.91 Å². The maximum atomic E-state index is 12.5. The van der Waals surface area contributed by atoms with Gasteiger partial charge < -0.3 is 15.4 Å². The number of hydrogen-bond acceptors (Lipinski definition) is 5. The van der Waals surface area contributed by atoms with Crippen LogP contribution >= 0.6 is 0 Å². The molecule has 7 nitrogen and oxygen atoms in total. The summed E-state index contributed by atoms with van der Waals surface area (Å²) in [6.45, 7) is 5.89. The molecule has 0 bridgehead atoms. The summed E-state index contributed by atoms with van der Waals surface area (Å²) in [5.74, 6) is 0.535. The summed E-state index contributed by atoms with van der Waals surface area (Å²) < 4.78 is 7.22. The van der Waals surface area contributed by atoms with Gasteiger partial charge in [-0.3, -0.25) is 4.79 Å². The Bertz CT molecular complexity index is 737. The van der Waals surface area contributed by atoms with Gasteiger partial charge in [0, 0.05) is 5.56 Å². The molecule has 7 heteroatoms. The molecule has 2 aromatic rings. The van der Waals surface area contributed by atoms with Crippen molar-refractivity contribution < 1.29 is 9.53 Å². The average molecular weight is 343 g/mol. The summed E-state index contributed by atoms with van der Waals surface area (Å²) in [4.78, 5) is 12.5. The molecule has 0 saturated carbocycles. The molecule has 1 aliphatic rings. The molecule has 1 aromatic carbocycles. The summed E-state index contributed by atoms with van der Waals surface area (Å²) in [5.41, 5.74) is 2.41. The van der Waals surface area contributed by atoms with Crippen molar-refractivity contribution in [1.82, 2.24) is 25.6 Å². The Morgan fingerprint density at radius 1 is 1.40 bits per heavy atom. The molecule has 25 heavy (non-hydrogen) atoms. The second kappa shape index (κ2) is 7.65. The van der Waals surface area contributed by atoms with E-state index >= 15 is 0 Å². The molecule has 0 spiro atoms. The zero-order chi connectivity index (χ0) is 17.8. The van der Waals surface area contributed by atoms with E-state index in [2.05, 4.69) is 20.9 Å².